The molecule has 1 atom stereocenters. The van der Waals surface area contributed by atoms with Gasteiger partial charge in [0.15, 0.2) is 0 Å². The molecule has 0 radical (unpaired) electrons. The molecule has 25 heavy (non-hydrogen) atoms. The molecule has 2 aromatic rings. The summed E-state index contributed by atoms with van der Waals surface area (Å²) in [5.74, 6) is 0.0654. The van der Waals surface area contributed by atoms with Crippen LogP contribution in [-0.2, 0) is 22.5 Å². The fraction of sp³-hybridized carbons (Fsp3) is 0.412. The summed E-state index contributed by atoms with van der Waals surface area (Å²) in [5.41, 5.74) is 0.557. The molecular weight excluding hydrogens is 322 g/mol. The van der Waals surface area contributed by atoms with Crippen molar-refractivity contribution in [2.75, 3.05) is 19.0 Å². The van der Waals surface area contributed by atoms with E-state index >= 15 is 0 Å². The van der Waals surface area contributed by atoms with E-state index in [0.717, 1.165) is 19.4 Å². The number of hydrogen-bond acceptors (Lipinski definition) is 5. The molecule has 0 aliphatic carbocycles. The Kier molecular flexibility index (Phi) is 5.27. The van der Waals surface area contributed by atoms with Gasteiger partial charge in [0.1, 0.15) is 5.82 Å². The molecule has 3 heterocycles. The molecule has 0 bridgehead atoms. The van der Waals surface area contributed by atoms with Crippen LogP contribution in [0.3, 0.4) is 0 Å². The summed E-state index contributed by atoms with van der Waals surface area (Å²) in [4.78, 5) is 34.1. The first-order chi connectivity index (χ1) is 12.2. The summed E-state index contributed by atoms with van der Waals surface area (Å²) < 4.78 is 6.62. The molecule has 1 aliphatic heterocycles. The van der Waals surface area contributed by atoms with E-state index in [0.29, 0.717) is 18.1 Å². The van der Waals surface area contributed by atoms with Crippen molar-refractivity contribution in [3.63, 3.8) is 0 Å². The summed E-state index contributed by atoms with van der Waals surface area (Å²) in [6.45, 7) is 1.44. The lowest BCUT2D eigenvalue weighted by atomic mass is 10.2. The van der Waals surface area contributed by atoms with E-state index in [1.807, 2.05) is 15.7 Å². The van der Waals surface area contributed by atoms with E-state index in [9.17, 15) is 9.59 Å². The molecule has 0 aromatic carbocycles. The molecule has 0 spiro atoms. The number of urea groups is 1. The fourth-order valence-electron chi connectivity index (χ4n) is 2.98. The summed E-state index contributed by atoms with van der Waals surface area (Å²) in [7, 11) is 1.34. The number of amides is 2. The van der Waals surface area contributed by atoms with Gasteiger partial charge < -0.3 is 14.2 Å². The third-order valence-electron chi connectivity index (χ3n) is 4.21. The minimum absolute atomic E-state index is 0.0766. The number of methoxy groups -OCH3 is 1. The van der Waals surface area contributed by atoms with Crippen LogP contribution in [0.15, 0.2) is 36.9 Å². The van der Waals surface area contributed by atoms with Crippen LogP contribution < -0.4 is 5.32 Å². The Bertz CT molecular complexity index is 732. The van der Waals surface area contributed by atoms with Crippen molar-refractivity contribution >= 4 is 17.8 Å². The number of esters is 1. The van der Waals surface area contributed by atoms with Crippen LogP contribution in [0.5, 0.6) is 0 Å². The Morgan fingerprint density at radius 1 is 1.40 bits per heavy atom. The minimum atomic E-state index is -0.365. The van der Waals surface area contributed by atoms with Crippen LogP contribution in [0.2, 0.25) is 0 Å². The maximum atomic E-state index is 12.6. The monoisotopic (exact) mass is 343 g/mol. The summed E-state index contributed by atoms with van der Waals surface area (Å²) in [6, 6.07) is 5.15. The Hall–Kier alpha value is -2.90. The lowest BCUT2D eigenvalue weighted by Crippen LogP contribution is -2.40. The van der Waals surface area contributed by atoms with Crippen LogP contribution >= 0.6 is 0 Å². The Balaban J connectivity index is 1.63. The molecule has 3 rings (SSSR count). The average molecular weight is 343 g/mol. The number of hydrogen-bond donors (Lipinski definition) is 1. The molecule has 8 heteroatoms. The zero-order chi connectivity index (χ0) is 17.6. The first kappa shape index (κ1) is 16.9. The number of carbonyl (C=O) groups excluding carboxylic acids is 2. The highest BCUT2D eigenvalue weighted by Gasteiger charge is 2.29. The van der Waals surface area contributed by atoms with Crippen LogP contribution in [0.4, 0.5) is 10.6 Å². The van der Waals surface area contributed by atoms with Crippen molar-refractivity contribution in [3.05, 3.63) is 42.6 Å². The molecule has 1 fully saturated rings. The van der Waals surface area contributed by atoms with Crippen LogP contribution in [0.1, 0.15) is 18.5 Å². The molecule has 0 saturated carbocycles. The smallest absolute Gasteiger partial charge is 0.323 e. The highest BCUT2D eigenvalue weighted by molar-refractivity contribution is 5.88. The number of likely N-dealkylation sites (tertiary alicyclic amines) is 1. The zero-order valence-corrected chi connectivity index (χ0v) is 14.1. The first-order valence-corrected chi connectivity index (χ1v) is 8.22. The van der Waals surface area contributed by atoms with Gasteiger partial charge in [0.25, 0.3) is 0 Å². The normalized spacial score (nSPS) is 16.7. The minimum Gasteiger partial charge on any atom is -0.469 e. The molecule has 1 N–H and O–H groups in total. The molecule has 0 unspecified atom stereocenters. The van der Waals surface area contributed by atoms with Gasteiger partial charge in [-0.2, -0.15) is 0 Å². The van der Waals surface area contributed by atoms with Crippen molar-refractivity contribution < 1.29 is 14.3 Å². The topological polar surface area (TPSA) is 89.4 Å². The molecule has 1 aliphatic rings. The van der Waals surface area contributed by atoms with E-state index < -0.39 is 0 Å². The van der Waals surface area contributed by atoms with Crippen molar-refractivity contribution in [1.82, 2.24) is 19.4 Å². The highest BCUT2D eigenvalue weighted by atomic mass is 16.5. The van der Waals surface area contributed by atoms with Gasteiger partial charge in [0.2, 0.25) is 0 Å². The van der Waals surface area contributed by atoms with Gasteiger partial charge in [-0.3, -0.25) is 10.1 Å². The molecule has 132 valence electrons. The fourth-order valence-corrected chi connectivity index (χ4v) is 2.98. The number of imidazole rings is 1. The van der Waals surface area contributed by atoms with Gasteiger partial charge in [0.05, 0.1) is 31.6 Å². The van der Waals surface area contributed by atoms with Gasteiger partial charge in [-0.1, -0.05) is 6.07 Å². The van der Waals surface area contributed by atoms with E-state index in [4.69, 9.17) is 0 Å². The second-order valence-electron chi connectivity index (χ2n) is 5.95. The predicted octanol–water partition coefficient (Wildman–Crippen LogP) is 1.69. The third kappa shape index (κ3) is 4.34. The van der Waals surface area contributed by atoms with Gasteiger partial charge in [-0.15, -0.1) is 0 Å². The average Bonchev–Trinajstić information content (AvgIpc) is 3.27. The van der Waals surface area contributed by atoms with E-state index in [1.54, 1.807) is 30.7 Å². The Morgan fingerprint density at radius 2 is 2.28 bits per heavy atom. The second kappa shape index (κ2) is 7.78. The SMILES string of the molecule is COC(=O)Cc1cccc(NC(=O)N2CCC[C@H]2Cn2ccnc2)n1. The summed E-state index contributed by atoms with van der Waals surface area (Å²) in [6.07, 6.45) is 7.39. The molecule has 1 saturated heterocycles. The van der Waals surface area contributed by atoms with Crippen LogP contribution in [0.25, 0.3) is 0 Å². The molecule has 8 nitrogen and oxygen atoms in total. The first-order valence-electron chi connectivity index (χ1n) is 8.22. The van der Waals surface area contributed by atoms with Crippen LogP contribution in [0, 0.1) is 0 Å². The van der Waals surface area contributed by atoms with E-state index in [-0.39, 0.29) is 24.5 Å². The molecule has 2 aromatic heterocycles. The van der Waals surface area contributed by atoms with Crippen molar-refractivity contribution in [3.8, 4) is 0 Å². The number of rotatable bonds is 5. The predicted molar refractivity (Wildman–Crippen MR) is 90.9 cm³/mol. The van der Waals surface area contributed by atoms with Gasteiger partial charge >= 0.3 is 12.0 Å². The molecule has 2 amide bonds. The summed E-state index contributed by atoms with van der Waals surface area (Å²) >= 11 is 0. The lowest BCUT2D eigenvalue weighted by Gasteiger charge is -2.25. The Labute approximate surface area is 145 Å². The number of pyridine rings is 1. The molecular formula is C17H21N5O3. The van der Waals surface area contributed by atoms with E-state index in [2.05, 4.69) is 20.0 Å². The number of ether oxygens (including phenoxy) is 1. The maximum absolute atomic E-state index is 12.6. The standard InChI is InChI=1S/C17H21N5O3/c1-25-16(23)10-13-4-2-6-15(19-13)20-17(24)22-8-3-5-14(22)11-21-9-7-18-12-21/h2,4,6-7,9,12,14H,3,5,8,10-11H2,1H3,(H,19,20,24)/t14-/m0/s1. The number of carbonyl (C=O) groups is 2. The third-order valence-corrected chi connectivity index (χ3v) is 4.21. The van der Waals surface area contributed by atoms with Crippen molar-refractivity contribution in [2.24, 2.45) is 0 Å². The number of anilines is 1. The van der Waals surface area contributed by atoms with Gasteiger partial charge in [0, 0.05) is 25.5 Å². The van der Waals surface area contributed by atoms with Gasteiger partial charge in [-0.05, 0) is 25.0 Å². The number of aromatic nitrogens is 3. The summed E-state index contributed by atoms with van der Waals surface area (Å²) in [5, 5.41) is 2.82. The maximum Gasteiger partial charge on any atom is 0.323 e. The van der Waals surface area contributed by atoms with Gasteiger partial charge in [-0.25, -0.2) is 14.8 Å². The second-order valence-corrected chi connectivity index (χ2v) is 5.95. The van der Waals surface area contributed by atoms with Crippen LogP contribution in [-0.4, -0.2) is 51.1 Å². The number of nitrogens with zero attached hydrogens (tertiary/aromatic N) is 4. The Morgan fingerprint density at radius 3 is 3.04 bits per heavy atom. The van der Waals surface area contributed by atoms with Crippen molar-refractivity contribution in [1.29, 1.82) is 0 Å². The zero-order valence-electron chi connectivity index (χ0n) is 14.1. The van der Waals surface area contributed by atoms with E-state index in [1.165, 1.54) is 7.11 Å². The lowest BCUT2D eigenvalue weighted by molar-refractivity contribution is -0.139. The number of nitrogens with one attached hydrogen (secondary N) is 1. The highest BCUT2D eigenvalue weighted by Crippen LogP contribution is 2.20. The quantitative estimate of drug-likeness (QED) is 0.835. The van der Waals surface area contributed by atoms with Crippen molar-refractivity contribution in [2.45, 2.75) is 31.8 Å². The largest absolute Gasteiger partial charge is 0.469 e.